The third kappa shape index (κ3) is 2.67. The van der Waals surface area contributed by atoms with E-state index in [1.165, 1.54) is 38.4 Å². The summed E-state index contributed by atoms with van der Waals surface area (Å²) in [5, 5.41) is 5.12. The lowest BCUT2D eigenvalue weighted by atomic mass is 9.99. The number of aryl methyl sites for hydroxylation is 1. The Bertz CT molecular complexity index is 1280. The molecular formula is C25H20N2. The van der Waals surface area contributed by atoms with Crippen LogP contribution in [0, 0.1) is 6.92 Å². The van der Waals surface area contributed by atoms with Crippen LogP contribution in [0.15, 0.2) is 91.1 Å². The Hall–Kier alpha value is -3.52. The molecule has 0 radical (unpaired) electrons. The van der Waals surface area contributed by atoms with E-state index in [4.69, 9.17) is 5.73 Å². The van der Waals surface area contributed by atoms with Gasteiger partial charge in [0.25, 0.3) is 0 Å². The zero-order valence-electron chi connectivity index (χ0n) is 15.2. The molecule has 2 N–H and O–H groups in total. The molecule has 1 aromatic heterocycles. The molecule has 0 aliphatic rings. The molecule has 4 aromatic carbocycles. The normalized spacial score (nSPS) is 11.3. The maximum Gasteiger partial charge on any atom is 0.0531 e. The summed E-state index contributed by atoms with van der Waals surface area (Å²) in [5.74, 6) is 0. The number of anilines is 1. The van der Waals surface area contributed by atoms with E-state index in [1.54, 1.807) is 0 Å². The molecule has 0 unspecified atom stereocenters. The minimum Gasteiger partial charge on any atom is -0.399 e. The third-order valence-corrected chi connectivity index (χ3v) is 5.17. The lowest BCUT2D eigenvalue weighted by molar-refractivity contribution is 1.08. The predicted molar refractivity (Wildman–Crippen MR) is 115 cm³/mol. The summed E-state index contributed by atoms with van der Waals surface area (Å²) in [6, 6.07) is 30.0. The smallest absolute Gasteiger partial charge is 0.0531 e. The highest BCUT2D eigenvalue weighted by Gasteiger charge is 2.10. The number of nitrogen functional groups attached to an aromatic ring is 1. The van der Waals surface area contributed by atoms with Crippen LogP contribution in [0.25, 0.3) is 38.5 Å². The third-order valence-electron chi connectivity index (χ3n) is 5.17. The first kappa shape index (κ1) is 15.7. The van der Waals surface area contributed by atoms with Gasteiger partial charge in [0.2, 0.25) is 0 Å². The van der Waals surface area contributed by atoms with E-state index in [-0.39, 0.29) is 0 Å². The van der Waals surface area contributed by atoms with Crippen LogP contribution in [0.4, 0.5) is 5.69 Å². The Morgan fingerprint density at radius 3 is 2.30 bits per heavy atom. The maximum absolute atomic E-state index is 5.86. The summed E-state index contributed by atoms with van der Waals surface area (Å²) >= 11 is 0. The Balaban J connectivity index is 1.70. The van der Waals surface area contributed by atoms with Crippen molar-refractivity contribution >= 4 is 27.2 Å². The van der Waals surface area contributed by atoms with Crippen molar-refractivity contribution in [2.24, 2.45) is 0 Å². The molecule has 0 bridgehead atoms. The van der Waals surface area contributed by atoms with Gasteiger partial charge in [0.1, 0.15) is 0 Å². The largest absolute Gasteiger partial charge is 0.399 e. The van der Waals surface area contributed by atoms with Crippen molar-refractivity contribution in [3.63, 3.8) is 0 Å². The molecule has 0 saturated heterocycles. The standard InChI is InChI=1S/C25H20N2/c1-17-14-25(27(16-17)22-11-9-21(26)10-12-22)20-8-13-24-19(15-20)7-6-18-4-2-3-5-23(18)24/h2-16H,26H2,1H3. The Labute approximate surface area is 158 Å². The number of rotatable bonds is 2. The fourth-order valence-corrected chi connectivity index (χ4v) is 3.84. The molecule has 1 heterocycles. The van der Waals surface area contributed by atoms with Gasteiger partial charge in [-0.25, -0.2) is 0 Å². The highest BCUT2D eigenvalue weighted by atomic mass is 15.0. The van der Waals surface area contributed by atoms with E-state index in [1.807, 2.05) is 12.1 Å². The fourth-order valence-electron chi connectivity index (χ4n) is 3.84. The first-order valence-corrected chi connectivity index (χ1v) is 9.16. The highest BCUT2D eigenvalue weighted by molar-refractivity contribution is 6.08. The van der Waals surface area contributed by atoms with Crippen molar-refractivity contribution in [2.45, 2.75) is 6.92 Å². The van der Waals surface area contributed by atoms with Crippen molar-refractivity contribution in [2.75, 3.05) is 5.73 Å². The summed E-state index contributed by atoms with van der Waals surface area (Å²) in [5.41, 5.74) is 11.4. The summed E-state index contributed by atoms with van der Waals surface area (Å²) in [6.45, 7) is 2.13. The maximum atomic E-state index is 5.86. The molecule has 0 spiro atoms. The quantitative estimate of drug-likeness (QED) is 0.293. The van der Waals surface area contributed by atoms with E-state index in [0.717, 1.165) is 11.4 Å². The van der Waals surface area contributed by atoms with Gasteiger partial charge in [-0.2, -0.15) is 0 Å². The molecule has 0 atom stereocenters. The molecule has 130 valence electrons. The van der Waals surface area contributed by atoms with Gasteiger partial charge in [0.05, 0.1) is 5.69 Å². The van der Waals surface area contributed by atoms with Gasteiger partial charge in [-0.1, -0.05) is 48.5 Å². The second-order valence-corrected chi connectivity index (χ2v) is 7.09. The number of aromatic nitrogens is 1. The SMILES string of the molecule is Cc1cc(-c2ccc3c(ccc4ccccc43)c2)n(-c2ccc(N)cc2)c1. The zero-order chi connectivity index (χ0) is 18.4. The zero-order valence-corrected chi connectivity index (χ0v) is 15.2. The van der Waals surface area contributed by atoms with E-state index < -0.39 is 0 Å². The molecule has 0 aliphatic carbocycles. The number of fused-ring (bicyclic) bond motifs is 3. The Morgan fingerprint density at radius 1 is 0.704 bits per heavy atom. The number of nitrogens with zero attached hydrogens (tertiary/aromatic N) is 1. The average Bonchev–Trinajstić information content (AvgIpc) is 3.09. The lowest BCUT2D eigenvalue weighted by Crippen LogP contribution is -1.95. The van der Waals surface area contributed by atoms with Crippen molar-refractivity contribution in [3.05, 3.63) is 96.7 Å². The van der Waals surface area contributed by atoms with Gasteiger partial charge in [-0.05, 0) is 76.0 Å². The molecule has 0 aliphatic heterocycles. The molecule has 5 aromatic rings. The van der Waals surface area contributed by atoms with Gasteiger partial charge < -0.3 is 10.3 Å². The van der Waals surface area contributed by atoms with Crippen LogP contribution < -0.4 is 5.73 Å². The monoisotopic (exact) mass is 348 g/mol. The van der Waals surface area contributed by atoms with Crippen LogP contribution in [0.3, 0.4) is 0 Å². The lowest BCUT2D eigenvalue weighted by Gasteiger charge is -2.11. The molecule has 2 heteroatoms. The summed E-state index contributed by atoms with van der Waals surface area (Å²) in [7, 11) is 0. The molecule has 5 rings (SSSR count). The Morgan fingerprint density at radius 2 is 1.44 bits per heavy atom. The van der Waals surface area contributed by atoms with Gasteiger partial charge in [0.15, 0.2) is 0 Å². The predicted octanol–water partition coefficient (Wildman–Crippen LogP) is 6.34. The van der Waals surface area contributed by atoms with Crippen LogP contribution in [-0.4, -0.2) is 4.57 Å². The second kappa shape index (κ2) is 6.03. The van der Waals surface area contributed by atoms with E-state index >= 15 is 0 Å². The van der Waals surface area contributed by atoms with Crippen molar-refractivity contribution in [1.29, 1.82) is 0 Å². The minimum atomic E-state index is 0.779. The number of hydrogen-bond acceptors (Lipinski definition) is 1. The van der Waals surface area contributed by atoms with Gasteiger partial charge in [-0.3, -0.25) is 0 Å². The van der Waals surface area contributed by atoms with Gasteiger partial charge in [0, 0.05) is 17.6 Å². The summed E-state index contributed by atoms with van der Waals surface area (Å²) in [6.07, 6.45) is 2.17. The van der Waals surface area contributed by atoms with Crippen molar-refractivity contribution in [1.82, 2.24) is 4.57 Å². The first-order chi connectivity index (χ1) is 13.2. The molecule has 2 nitrogen and oxygen atoms in total. The van der Waals surface area contributed by atoms with E-state index in [0.29, 0.717) is 0 Å². The number of benzene rings is 4. The number of hydrogen-bond donors (Lipinski definition) is 1. The highest BCUT2D eigenvalue weighted by Crippen LogP contribution is 2.32. The number of nitrogens with two attached hydrogens (primary N) is 1. The van der Waals surface area contributed by atoms with Gasteiger partial charge in [-0.15, -0.1) is 0 Å². The van der Waals surface area contributed by atoms with Crippen LogP contribution in [0.1, 0.15) is 5.56 Å². The molecule has 0 fully saturated rings. The molecule has 27 heavy (non-hydrogen) atoms. The van der Waals surface area contributed by atoms with Crippen LogP contribution in [-0.2, 0) is 0 Å². The molecular weight excluding hydrogens is 328 g/mol. The minimum absolute atomic E-state index is 0.779. The summed E-state index contributed by atoms with van der Waals surface area (Å²) < 4.78 is 2.23. The van der Waals surface area contributed by atoms with E-state index in [9.17, 15) is 0 Å². The topological polar surface area (TPSA) is 30.9 Å². The van der Waals surface area contributed by atoms with Gasteiger partial charge >= 0.3 is 0 Å². The van der Waals surface area contributed by atoms with Crippen LogP contribution >= 0.6 is 0 Å². The van der Waals surface area contributed by atoms with E-state index in [2.05, 4.69) is 90.5 Å². The van der Waals surface area contributed by atoms with Crippen molar-refractivity contribution < 1.29 is 0 Å². The first-order valence-electron chi connectivity index (χ1n) is 9.16. The van der Waals surface area contributed by atoms with Crippen LogP contribution in [0.5, 0.6) is 0 Å². The van der Waals surface area contributed by atoms with Crippen molar-refractivity contribution in [3.8, 4) is 16.9 Å². The molecule has 0 amide bonds. The second-order valence-electron chi connectivity index (χ2n) is 7.09. The summed E-state index contributed by atoms with van der Waals surface area (Å²) in [4.78, 5) is 0. The Kier molecular flexibility index (Phi) is 3.51. The molecule has 0 saturated carbocycles. The fraction of sp³-hybridized carbons (Fsp3) is 0.0400. The van der Waals surface area contributed by atoms with Crippen LogP contribution in [0.2, 0.25) is 0 Å². The average molecular weight is 348 g/mol.